The number of nitrogens with zero attached hydrogens (tertiary/aromatic N) is 4. The number of anilines is 1. The van der Waals surface area contributed by atoms with E-state index in [4.69, 9.17) is 0 Å². The summed E-state index contributed by atoms with van der Waals surface area (Å²) < 4.78 is 39.7. The van der Waals surface area contributed by atoms with Crippen LogP contribution in [0.5, 0.6) is 0 Å². The van der Waals surface area contributed by atoms with Gasteiger partial charge in [-0.15, -0.1) is 0 Å². The molecule has 1 aromatic heterocycles. The van der Waals surface area contributed by atoms with E-state index in [-0.39, 0.29) is 0 Å². The number of hydrogen-bond acceptors (Lipinski definition) is 5. The molecule has 0 aliphatic carbocycles. The zero-order chi connectivity index (χ0) is 18.7. The van der Waals surface area contributed by atoms with Crippen molar-refractivity contribution in [2.45, 2.75) is 12.7 Å². The molecular formula is C16H18F3N5O2. The summed E-state index contributed by atoms with van der Waals surface area (Å²) in [4.78, 5) is 28.7. The third-order valence-corrected chi connectivity index (χ3v) is 4.32. The van der Waals surface area contributed by atoms with Crippen LogP contribution in [0.1, 0.15) is 5.56 Å². The van der Waals surface area contributed by atoms with Gasteiger partial charge in [0, 0.05) is 38.4 Å². The third kappa shape index (κ3) is 4.31. The Morgan fingerprint density at radius 3 is 2.46 bits per heavy atom. The Balaban J connectivity index is 1.56. The first-order chi connectivity index (χ1) is 12.3. The molecule has 1 aromatic carbocycles. The van der Waals surface area contributed by atoms with Crippen LogP contribution in [-0.2, 0) is 12.7 Å². The van der Waals surface area contributed by atoms with Crippen molar-refractivity contribution in [2.24, 2.45) is 0 Å². The van der Waals surface area contributed by atoms with Crippen LogP contribution in [0.4, 0.5) is 18.9 Å². The van der Waals surface area contributed by atoms with E-state index in [9.17, 15) is 22.8 Å². The Morgan fingerprint density at radius 2 is 1.81 bits per heavy atom. The van der Waals surface area contributed by atoms with Crippen LogP contribution in [0.2, 0.25) is 0 Å². The van der Waals surface area contributed by atoms with Crippen molar-refractivity contribution < 1.29 is 13.2 Å². The predicted molar refractivity (Wildman–Crippen MR) is 89.2 cm³/mol. The van der Waals surface area contributed by atoms with Gasteiger partial charge in [-0.3, -0.25) is 14.7 Å². The first kappa shape index (κ1) is 18.2. The Hall–Kier alpha value is -2.62. The van der Waals surface area contributed by atoms with Gasteiger partial charge in [0.25, 0.3) is 5.56 Å². The molecule has 0 bridgehead atoms. The lowest BCUT2D eigenvalue weighted by Gasteiger charge is -2.36. The molecule has 26 heavy (non-hydrogen) atoms. The number of halogens is 3. The van der Waals surface area contributed by atoms with Gasteiger partial charge in [-0.25, -0.2) is 9.48 Å². The number of H-pyrrole nitrogens is 1. The van der Waals surface area contributed by atoms with Gasteiger partial charge in [0.05, 0.1) is 12.1 Å². The van der Waals surface area contributed by atoms with Gasteiger partial charge in [0.2, 0.25) is 0 Å². The van der Waals surface area contributed by atoms with Gasteiger partial charge < -0.3 is 4.90 Å². The highest BCUT2D eigenvalue weighted by molar-refractivity contribution is 5.49. The highest BCUT2D eigenvalue weighted by Gasteiger charge is 2.31. The highest BCUT2D eigenvalue weighted by atomic mass is 19.4. The average molecular weight is 369 g/mol. The number of aromatic nitrogens is 3. The third-order valence-electron chi connectivity index (χ3n) is 4.32. The van der Waals surface area contributed by atoms with Crippen LogP contribution in [0, 0.1) is 0 Å². The van der Waals surface area contributed by atoms with Crippen LogP contribution < -0.4 is 16.1 Å². The minimum Gasteiger partial charge on any atom is -0.369 e. The molecule has 10 heteroatoms. The molecule has 0 unspecified atom stereocenters. The summed E-state index contributed by atoms with van der Waals surface area (Å²) in [6, 6.07) is 5.32. The average Bonchev–Trinajstić information content (AvgIpc) is 2.61. The zero-order valence-electron chi connectivity index (χ0n) is 13.9. The van der Waals surface area contributed by atoms with E-state index >= 15 is 0 Å². The maximum Gasteiger partial charge on any atom is 0.416 e. The first-order valence-corrected chi connectivity index (χ1v) is 8.14. The molecule has 1 N–H and O–H groups in total. The van der Waals surface area contributed by atoms with E-state index in [2.05, 4.69) is 15.0 Å². The van der Waals surface area contributed by atoms with Crippen molar-refractivity contribution in [3.05, 3.63) is 56.9 Å². The zero-order valence-corrected chi connectivity index (χ0v) is 13.9. The van der Waals surface area contributed by atoms with Gasteiger partial charge in [-0.05, 0) is 18.2 Å². The number of nitrogens with one attached hydrogen (secondary N) is 1. The Bertz CT molecular complexity index is 869. The van der Waals surface area contributed by atoms with Crippen molar-refractivity contribution in [1.82, 2.24) is 19.7 Å². The summed E-state index contributed by atoms with van der Waals surface area (Å²) >= 11 is 0. The molecule has 0 atom stereocenters. The molecule has 0 spiro atoms. The monoisotopic (exact) mass is 369 g/mol. The van der Waals surface area contributed by atoms with E-state index in [1.807, 2.05) is 4.90 Å². The van der Waals surface area contributed by atoms with Crippen molar-refractivity contribution in [2.75, 3.05) is 37.6 Å². The molecule has 1 fully saturated rings. The number of hydrogen-bond donors (Lipinski definition) is 1. The number of rotatable bonds is 4. The van der Waals surface area contributed by atoms with E-state index in [0.29, 0.717) is 45.0 Å². The lowest BCUT2D eigenvalue weighted by atomic mass is 10.1. The number of alkyl halides is 3. The number of piperazine rings is 1. The number of aromatic amines is 1. The number of benzene rings is 1. The molecule has 2 aromatic rings. The quantitative estimate of drug-likeness (QED) is 0.862. The predicted octanol–water partition coefficient (Wildman–Crippen LogP) is 0.773. The molecule has 140 valence electrons. The van der Waals surface area contributed by atoms with Crippen LogP contribution in [-0.4, -0.2) is 52.4 Å². The second-order valence-corrected chi connectivity index (χ2v) is 6.04. The maximum atomic E-state index is 12.8. The summed E-state index contributed by atoms with van der Waals surface area (Å²) in [5.74, 6) is 0. The Labute approximate surface area is 146 Å². The molecular weight excluding hydrogens is 351 g/mol. The van der Waals surface area contributed by atoms with Crippen molar-refractivity contribution in [3.63, 3.8) is 0 Å². The second-order valence-electron chi connectivity index (χ2n) is 6.04. The molecule has 1 aliphatic heterocycles. The molecule has 0 amide bonds. The summed E-state index contributed by atoms with van der Waals surface area (Å²) in [7, 11) is 0. The summed E-state index contributed by atoms with van der Waals surface area (Å²) in [6.45, 7) is 3.40. The highest BCUT2D eigenvalue weighted by Crippen LogP contribution is 2.31. The van der Waals surface area contributed by atoms with Crippen LogP contribution in [0.15, 0.2) is 40.1 Å². The lowest BCUT2D eigenvalue weighted by molar-refractivity contribution is -0.137. The Kier molecular flexibility index (Phi) is 5.12. The molecule has 0 radical (unpaired) electrons. The molecule has 1 aliphatic rings. The second kappa shape index (κ2) is 7.32. The normalized spacial score (nSPS) is 16.0. The van der Waals surface area contributed by atoms with E-state index in [1.165, 1.54) is 16.8 Å². The standard InChI is InChI=1S/C16H18F3N5O2/c17-16(18,19)12-2-1-3-13(10-12)23-7-4-22(5-8-23)6-9-24-15(26)21-14(25)11-20-24/h1-3,10-11H,4-9H2,(H,21,25,26). The van der Waals surface area contributed by atoms with Crippen LogP contribution >= 0.6 is 0 Å². The molecule has 3 rings (SSSR count). The maximum absolute atomic E-state index is 12.8. The smallest absolute Gasteiger partial charge is 0.369 e. The van der Waals surface area contributed by atoms with Gasteiger partial charge >= 0.3 is 11.9 Å². The largest absolute Gasteiger partial charge is 0.416 e. The fourth-order valence-corrected chi connectivity index (χ4v) is 2.88. The topological polar surface area (TPSA) is 74.2 Å². The van der Waals surface area contributed by atoms with Gasteiger partial charge in [0.1, 0.15) is 6.20 Å². The van der Waals surface area contributed by atoms with Gasteiger partial charge in [-0.2, -0.15) is 18.3 Å². The molecule has 1 saturated heterocycles. The first-order valence-electron chi connectivity index (χ1n) is 8.14. The van der Waals surface area contributed by atoms with E-state index in [1.54, 1.807) is 6.07 Å². The minimum absolute atomic E-state index is 0.333. The van der Waals surface area contributed by atoms with Crippen molar-refractivity contribution in [3.8, 4) is 0 Å². The summed E-state index contributed by atoms with van der Waals surface area (Å²) in [6.07, 6.45) is -3.30. The SMILES string of the molecule is O=c1cnn(CCN2CCN(c3cccc(C(F)(F)F)c3)CC2)c(=O)[nH]1. The van der Waals surface area contributed by atoms with Crippen molar-refractivity contribution in [1.29, 1.82) is 0 Å². The van der Waals surface area contributed by atoms with Gasteiger partial charge in [0.15, 0.2) is 0 Å². The summed E-state index contributed by atoms with van der Waals surface area (Å²) in [5, 5.41) is 3.77. The van der Waals surface area contributed by atoms with Crippen LogP contribution in [0.25, 0.3) is 0 Å². The fraction of sp³-hybridized carbons (Fsp3) is 0.438. The molecule has 0 saturated carbocycles. The summed E-state index contributed by atoms with van der Waals surface area (Å²) in [5.41, 5.74) is -1.19. The fourth-order valence-electron chi connectivity index (χ4n) is 2.88. The lowest BCUT2D eigenvalue weighted by Crippen LogP contribution is -2.48. The minimum atomic E-state index is -4.35. The molecule has 2 heterocycles. The van der Waals surface area contributed by atoms with E-state index < -0.39 is 23.0 Å². The Morgan fingerprint density at radius 1 is 1.08 bits per heavy atom. The van der Waals surface area contributed by atoms with Crippen LogP contribution in [0.3, 0.4) is 0 Å². The van der Waals surface area contributed by atoms with Gasteiger partial charge in [-0.1, -0.05) is 6.07 Å². The van der Waals surface area contributed by atoms with E-state index in [0.717, 1.165) is 12.3 Å². The van der Waals surface area contributed by atoms with Crippen molar-refractivity contribution >= 4 is 5.69 Å². The molecule has 7 nitrogen and oxygen atoms in total.